The van der Waals surface area contributed by atoms with Crippen molar-refractivity contribution in [3.05, 3.63) is 71.9 Å². The minimum Gasteiger partial charge on any atom is -0.481 e. The number of terminal acetylenes is 1. The summed E-state index contributed by atoms with van der Waals surface area (Å²) in [7, 11) is 0. The molecule has 0 fully saturated rings. The van der Waals surface area contributed by atoms with E-state index in [1.54, 1.807) is 6.07 Å². The number of hydrogen-bond donors (Lipinski definition) is 2. The van der Waals surface area contributed by atoms with Crippen LogP contribution in [0.25, 0.3) is 11.3 Å². The van der Waals surface area contributed by atoms with E-state index in [9.17, 15) is 4.79 Å². The van der Waals surface area contributed by atoms with Gasteiger partial charge in [0, 0.05) is 12.1 Å². The Morgan fingerprint density at radius 1 is 1.15 bits per heavy atom. The minimum atomic E-state index is -0.173. The molecule has 2 N–H and O–H groups in total. The predicted molar refractivity (Wildman–Crippen MR) is 101 cm³/mol. The Bertz CT molecular complexity index is 893. The number of aromatic amines is 1. The first kappa shape index (κ1) is 17.3. The zero-order valence-corrected chi connectivity index (χ0v) is 14.2. The second kappa shape index (κ2) is 8.54. The summed E-state index contributed by atoms with van der Waals surface area (Å²) in [6.07, 6.45) is 5.88. The number of nitrogens with one attached hydrogen (secondary N) is 2. The Labute approximate surface area is 152 Å². The molecule has 0 spiro atoms. The van der Waals surface area contributed by atoms with Gasteiger partial charge in [-0.15, -0.1) is 6.42 Å². The standard InChI is InChI=1S/C21H19N3O2/c1-2-14-26-18-10-8-16(9-11-18)12-13-22-21(25)20-15-19(23-24-20)17-6-4-3-5-7-17/h1,3-11,15H,12-14H2,(H,22,25)(H,23,24). The number of amides is 1. The van der Waals surface area contributed by atoms with Crippen LogP contribution in [-0.4, -0.2) is 29.3 Å². The fourth-order valence-corrected chi connectivity index (χ4v) is 2.49. The number of benzene rings is 2. The lowest BCUT2D eigenvalue weighted by Crippen LogP contribution is -2.26. The van der Waals surface area contributed by atoms with Gasteiger partial charge in [-0.05, 0) is 30.2 Å². The molecule has 3 rings (SSSR count). The molecule has 0 radical (unpaired) electrons. The number of H-pyrrole nitrogens is 1. The number of carbonyl (C=O) groups is 1. The molecule has 0 bridgehead atoms. The molecule has 0 unspecified atom stereocenters. The zero-order chi connectivity index (χ0) is 18.2. The van der Waals surface area contributed by atoms with Crippen LogP contribution in [0, 0.1) is 12.3 Å². The maximum absolute atomic E-state index is 12.2. The summed E-state index contributed by atoms with van der Waals surface area (Å²) >= 11 is 0. The number of nitrogens with zero attached hydrogens (tertiary/aromatic N) is 1. The molecule has 130 valence electrons. The van der Waals surface area contributed by atoms with Crippen molar-refractivity contribution < 1.29 is 9.53 Å². The van der Waals surface area contributed by atoms with Gasteiger partial charge < -0.3 is 10.1 Å². The van der Waals surface area contributed by atoms with Crippen LogP contribution in [0.4, 0.5) is 0 Å². The third kappa shape index (κ3) is 4.52. The molecule has 0 aliphatic carbocycles. The molecule has 5 heteroatoms. The van der Waals surface area contributed by atoms with E-state index in [2.05, 4.69) is 21.4 Å². The topological polar surface area (TPSA) is 67.0 Å². The number of hydrogen-bond acceptors (Lipinski definition) is 3. The molecule has 2 aromatic carbocycles. The van der Waals surface area contributed by atoms with Crippen molar-refractivity contribution in [2.75, 3.05) is 13.2 Å². The monoisotopic (exact) mass is 345 g/mol. The van der Waals surface area contributed by atoms with Crippen LogP contribution in [-0.2, 0) is 6.42 Å². The van der Waals surface area contributed by atoms with E-state index in [0.29, 0.717) is 12.2 Å². The van der Waals surface area contributed by atoms with Gasteiger partial charge in [-0.2, -0.15) is 5.10 Å². The highest BCUT2D eigenvalue weighted by Crippen LogP contribution is 2.17. The Morgan fingerprint density at radius 2 is 1.92 bits per heavy atom. The molecule has 1 aromatic heterocycles. The highest BCUT2D eigenvalue weighted by Gasteiger charge is 2.10. The van der Waals surface area contributed by atoms with Gasteiger partial charge in [-0.25, -0.2) is 0 Å². The van der Waals surface area contributed by atoms with Crippen LogP contribution in [0.15, 0.2) is 60.7 Å². The zero-order valence-electron chi connectivity index (χ0n) is 14.2. The summed E-state index contributed by atoms with van der Waals surface area (Å²) < 4.78 is 5.33. The first-order valence-corrected chi connectivity index (χ1v) is 8.30. The molecule has 0 saturated carbocycles. The maximum Gasteiger partial charge on any atom is 0.269 e. The van der Waals surface area contributed by atoms with Crippen molar-refractivity contribution in [3.63, 3.8) is 0 Å². The SMILES string of the molecule is C#CCOc1ccc(CCNC(=O)c2cc(-c3ccccc3)n[nH]2)cc1. The third-order valence-electron chi connectivity index (χ3n) is 3.84. The van der Waals surface area contributed by atoms with Crippen LogP contribution in [0.3, 0.4) is 0 Å². The van der Waals surface area contributed by atoms with E-state index in [0.717, 1.165) is 29.0 Å². The lowest BCUT2D eigenvalue weighted by molar-refractivity contribution is 0.0949. The molecule has 0 aliphatic heterocycles. The van der Waals surface area contributed by atoms with E-state index < -0.39 is 0 Å². The van der Waals surface area contributed by atoms with Gasteiger partial charge in [0.25, 0.3) is 5.91 Å². The van der Waals surface area contributed by atoms with E-state index in [-0.39, 0.29) is 12.5 Å². The first-order chi connectivity index (χ1) is 12.8. The lowest BCUT2D eigenvalue weighted by Gasteiger charge is -2.06. The van der Waals surface area contributed by atoms with Crippen molar-refractivity contribution in [1.82, 2.24) is 15.5 Å². The van der Waals surface area contributed by atoms with E-state index >= 15 is 0 Å². The van der Waals surface area contributed by atoms with E-state index in [1.807, 2.05) is 54.6 Å². The van der Waals surface area contributed by atoms with Crippen molar-refractivity contribution in [1.29, 1.82) is 0 Å². The fourth-order valence-electron chi connectivity index (χ4n) is 2.49. The summed E-state index contributed by atoms with van der Waals surface area (Å²) in [4.78, 5) is 12.2. The quantitative estimate of drug-likeness (QED) is 0.647. The molecule has 0 saturated heterocycles. The van der Waals surface area contributed by atoms with Crippen molar-refractivity contribution in [2.24, 2.45) is 0 Å². The van der Waals surface area contributed by atoms with Gasteiger partial charge >= 0.3 is 0 Å². The Balaban J connectivity index is 1.50. The smallest absolute Gasteiger partial charge is 0.269 e. The maximum atomic E-state index is 12.2. The average molecular weight is 345 g/mol. The van der Waals surface area contributed by atoms with Gasteiger partial charge in [0.1, 0.15) is 18.1 Å². The largest absolute Gasteiger partial charge is 0.481 e. The normalized spacial score (nSPS) is 10.1. The molecule has 1 heterocycles. The number of aromatic nitrogens is 2. The van der Waals surface area contributed by atoms with Crippen LogP contribution < -0.4 is 10.1 Å². The molecule has 26 heavy (non-hydrogen) atoms. The second-order valence-electron chi connectivity index (χ2n) is 5.68. The predicted octanol–water partition coefficient (Wildman–Crippen LogP) is 3.06. The van der Waals surface area contributed by atoms with Gasteiger partial charge in [-0.1, -0.05) is 48.4 Å². The molecule has 3 aromatic rings. The number of ether oxygens (including phenoxy) is 1. The summed E-state index contributed by atoms with van der Waals surface area (Å²) in [5.74, 6) is 2.99. The second-order valence-corrected chi connectivity index (χ2v) is 5.68. The van der Waals surface area contributed by atoms with E-state index in [4.69, 9.17) is 11.2 Å². The van der Waals surface area contributed by atoms with E-state index in [1.165, 1.54) is 0 Å². The van der Waals surface area contributed by atoms with Crippen molar-refractivity contribution >= 4 is 5.91 Å². The van der Waals surface area contributed by atoms with Crippen LogP contribution in [0.2, 0.25) is 0 Å². The number of carbonyl (C=O) groups excluding carboxylic acids is 1. The summed E-state index contributed by atoms with van der Waals surface area (Å²) in [6.45, 7) is 0.785. The molecular formula is C21H19N3O2. The molecule has 0 atom stereocenters. The summed E-state index contributed by atoms with van der Waals surface area (Å²) in [5, 5.41) is 9.87. The van der Waals surface area contributed by atoms with Crippen LogP contribution >= 0.6 is 0 Å². The summed E-state index contributed by atoms with van der Waals surface area (Å²) in [6, 6.07) is 19.1. The Hall–Kier alpha value is -3.52. The average Bonchev–Trinajstić information content (AvgIpc) is 3.18. The molecule has 1 amide bonds. The minimum absolute atomic E-state index is 0.173. The highest BCUT2D eigenvalue weighted by atomic mass is 16.5. The third-order valence-corrected chi connectivity index (χ3v) is 3.84. The van der Waals surface area contributed by atoms with Crippen molar-refractivity contribution in [3.8, 4) is 29.4 Å². The molecule has 5 nitrogen and oxygen atoms in total. The van der Waals surface area contributed by atoms with Crippen LogP contribution in [0.1, 0.15) is 16.1 Å². The van der Waals surface area contributed by atoms with Gasteiger partial charge in [0.15, 0.2) is 0 Å². The number of rotatable bonds is 7. The Morgan fingerprint density at radius 3 is 2.65 bits per heavy atom. The van der Waals surface area contributed by atoms with Crippen LogP contribution in [0.5, 0.6) is 5.75 Å². The summed E-state index contributed by atoms with van der Waals surface area (Å²) in [5.41, 5.74) is 3.27. The lowest BCUT2D eigenvalue weighted by atomic mass is 10.1. The molecule has 0 aliphatic rings. The van der Waals surface area contributed by atoms with Gasteiger partial charge in [0.05, 0.1) is 5.69 Å². The fraction of sp³-hybridized carbons (Fsp3) is 0.143. The van der Waals surface area contributed by atoms with Crippen molar-refractivity contribution in [2.45, 2.75) is 6.42 Å². The van der Waals surface area contributed by atoms with Gasteiger partial charge in [-0.3, -0.25) is 9.89 Å². The molecular weight excluding hydrogens is 326 g/mol. The first-order valence-electron chi connectivity index (χ1n) is 8.30. The van der Waals surface area contributed by atoms with Gasteiger partial charge in [0.2, 0.25) is 0 Å². The highest BCUT2D eigenvalue weighted by molar-refractivity contribution is 5.93. The Kier molecular flexibility index (Phi) is 5.69.